The molecule has 1 rings (SSSR count). The van der Waals surface area contributed by atoms with Crippen molar-refractivity contribution in [3.8, 4) is 0 Å². The van der Waals surface area contributed by atoms with E-state index >= 15 is 0 Å². The first-order valence-electron chi connectivity index (χ1n) is 8.24. The van der Waals surface area contributed by atoms with Crippen LogP contribution >= 0.6 is 0 Å². The fraction of sp³-hybridized carbons (Fsp3) is 0.684. The molecule has 0 aliphatic heterocycles. The topological polar surface area (TPSA) is 3.24 Å². The molecule has 0 N–H and O–H groups in total. The molecule has 0 radical (unpaired) electrons. The minimum absolute atomic E-state index is 0.933. The Hall–Kier alpha value is -0.980. The maximum absolute atomic E-state index is 4.28. The second-order valence-corrected chi connectivity index (χ2v) is 6.54. The lowest BCUT2D eigenvalue weighted by Crippen LogP contribution is -2.25. The number of nitrogens with zero attached hydrogens (tertiary/aromatic N) is 1. The molecule has 1 heteroatoms. The molecule has 1 fully saturated rings. The largest absolute Gasteiger partial charge is 0.371 e. The summed E-state index contributed by atoms with van der Waals surface area (Å²) in [7, 11) is 0. The highest BCUT2D eigenvalue weighted by atomic mass is 15.1. The van der Waals surface area contributed by atoms with Gasteiger partial charge in [-0.1, -0.05) is 43.2 Å². The lowest BCUT2D eigenvalue weighted by molar-refractivity contribution is 0.350. The summed E-state index contributed by atoms with van der Waals surface area (Å²) in [4.78, 5) is 2.51. The van der Waals surface area contributed by atoms with Crippen LogP contribution in [0.1, 0.15) is 66.2 Å². The van der Waals surface area contributed by atoms with Crippen LogP contribution in [-0.4, -0.2) is 18.0 Å². The van der Waals surface area contributed by atoms with Crippen molar-refractivity contribution < 1.29 is 0 Å². The highest BCUT2D eigenvalue weighted by molar-refractivity contribution is 5.06. The molecule has 20 heavy (non-hydrogen) atoms. The fourth-order valence-corrected chi connectivity index (χ4v) is 2.35. The smallest absolute Gasteiger partial charge is 0.0359 e. The van der Waals surface area contributed by atoms with E-state index in [1.54, 1.807) is 0 Å². The van der Waals surface area contributed by atoms with Crippen LogP contribution in [0.3, 0.4) is 0 Å². The van der Waals surface area contributed by atoms with Gasteiger partial charge in [-0.15, -0.1) is 0 Å². The summed E-state index contributed by atoms with van der Waals surface area (Å²) in [5.74, 6) is 0.933. The molecule has 0 atom stereocenters. The van der Waals surface area contributed by atoms with Crippen molar-refractivity contribution in [3.05, 3.63) is 35.6 Å². The van der Waals surface area contributed by atoms with Crippen molar-refractivity contribution in [2.45, 2.75) is 66.2 Å². The quantitative estimate of drug-likeness (QED) is 0.462. The molecule has 0 spiro atoms. The van der Waals surface area contributed by atoms with Gasteiger partial charge in [0.25, 0.3) is 0 Å². The summed E-state index contributed by atoms with van der Waals surface area (Å²) in [6.45, 7) is 15.4. The van der Waals surface area contributed by atoms with Crippen LogP contribution in [0, 0.1) is 5.92 Å². The van der Waals surface area contributed by atoms with E-state index in [4.69, 9.17) is 0 Å². The second-order valence-electron chi connectivity index (χ2n) is 6.54. The molecule has 1 nitrogen and oxygen atoms in total. The van der Waals surface area contributed by atoms with Crippen molar-refractivity contribution in [1.82, 2.24) is 4.90 Å². The number of hydrogen-bond donors (Lipinski definition) is 0. The van der Waals surface area contributed by atoms with Gasteiger partial charge in [-0.25, -0.2) is 0 Å². The molecule has 1 aliphatic carbocycles. The lowest BCUT2D eigenvalue weighted by atomic mass is 10.1. The standard InChI is InChI=1S/C19H33N/c1-6-8-18(5)20(15-19-11-12-19)14-13-17(4)10-7-9-16(2)3/h9,13,19H,5-8,10-12,14-15H2,1-4H3/b17-13+. The average Bonchev–Trinajstić information content (AvgIpc) is 3.18. The van der Waals surface area contributed by atoms with E-state index in [0.29, 0.717) is 0 Å². The van der Waals surface area contributed by atoms with Crippen LogP contribution in [0.2, 0.25) is 0 Å². The van der Waals surface area contributed by atoms with E-state index in [1.165, 1.54) is 55.5 Å². The minimum Gasteiger partial charge on any atom is -0.371 e. The van der Waals surface area contributed by atoms with E-state index in [0.717, 1.165) is 18.9 Å². The van der Waals surface area contributed by atoms with E-state index in [1.807, 2.05) is 0 Å². The molecule has 0 aromatic heterocycles. The zero-order valence-corrected chi connectivity index (χ0v) is 14.0. The van der Waals surface area contributed by atoms with Crippen LogP contribution in [0.4, 0.5) is 0 Å². The van der Waals surface area contributed by atoms with Gasteiger partial charge in [0.05, 0.1) is 0 Å². The molecule has 1 aliphatic rings. The Bertz CT molecular complexity index is 354. The van der Waals surface area contributed by atoms with Gasteiger partial charge < -0.3 is 4.90 Å². The molecular weight excluding hydrogens is 242 g/mol. The highest BCUT2D eigenvalue weighted by Crippen LogP contribution is 2.31. The van der Waals surface area contributed by atoms with Crippen molar-refractivity contribution in [2.75, 3.05) is 13.1 Å². The normalized spacial score (nSPS) is 15.1. The fourth-order valence-electron chi connectivity index (χ4n) is 2.35. The first-order valence-corrected chi connectivity index (χ1v) is 8.24. The van der Waals surface area contributed by atoms with E-state index in [2.05, 4.69) is 51.3 Å². The summed E-state index contributed by atoms with van der Waals surface area (Å²) < 4.78 is 0. The third-order valence-electron chi connectivity index (χ3n) is 3.91. The van der Waals surface area contributed by atoms with Gasteiger partial charge in [-0.2, -0.15) is 0 Å². The van der Waals surface area contributed by atoms with Gasteiger partial charge in [0.15, 0.2) is 0 Å². The van der Waals surface area contributed by atoms with Crippen LogP contribution in [-0.2, 0) is 0 Å². The molecule has 0 unspecified atom stereocenters. The molecule has 114 valence electrons. The predicted octanol–water partition coefficient (Wildman–Crippen LogP) is 5.70. The first-order chi connectivity index (χ1) is 9.52. The number of rotatable bonds is 10. The number of hydrogen-bond acceptors (Lipinski definition) is 1. The van der Waals surface area contributed by atoms with Gasteiger partial charge in [0.1, 0.15) is 0 Å². The zero-order chi connectivity index (χ0) is 15.0. The van der Waals surface area contributed by atoms with E-state index in [-0.39, 0.29) is 0 Å². The summed E-state index contributed by atoms with van der Waals surface area (Å²) >= 11 is 0. The van der Waals surface area contributed by atoms with E-state index < -0.39 is 0 Å². The molecular formula is C19H33N. The SMILES string of the molecule is C=C(CCC)N(C/C=C(\C)CCC=C(C)C)CC1CC1. The third-order valence-corrected chi connectivity index (χ3v) is 3.91. The Morgan fingerprint density at radius 3 is 2.40 bits per heavy atom. The molecule has 0 aromatic rings. The van der Waals surface area contributed by atoms with Crippen molar-refractivity contribution >= 4 is 0 Å². The van der Waals surface area contributed by atoms with Gasteiger partial charge in [0.2, 0.25) is 0 Å². The maximum Gasteiger partial charge on any atom is 0.0359 e. The van der Waals surface area contributed by atoms with Gasteiger partial charge in [-0.3, -0.25) is 0 Å². The lowest BCUT2D eigenvalue weighted by Gasteiger charge is -2.25. The average molecular weight is 275 g/mol. The summed E-state index contributed by atoms with van der Waals surface area (Å²) in [6.07, 6.45) is 12.3. The van der Waals surface area contributed by atoms with Crippen LogP contribution in [0.15, 0.2) is 35.6 Å². The highest BCUT2D eigenvalue weighted by Gasteiger charge is 2.24. The Kier molecular flexibility index (Phi) is 7.72. The Balaban J connectivity index is 2.42. The molecule has 0 heterocycles. The van der Waals surface area contributed by atoms with Gasteiger partial charge in [0, 0.05) is 18.8 Å². The Morgan fingerprint density at radius 2 is 1.85 bits per heavy atom. The first kappa shape index (κ1) is 17.1. The maximum atomic E-state index is 4.28. The molecule has 0 amide bonds. The zero-order valence-electron chi connectivity index (χ0n) is 14.0. The molecule has 0 bridgehead atoms. The Labute approximate surface area is 126 Å². The summed E-state index contributed by atoms with van der Waals surface area (Å²) in [6, 6.07) is 0. The minimum atomic E-state index is 0.933. The van der Waals surface area contributed by atoms with Crippen molar-refractivity contribution in [1.29, 1.82) is 0 Å². The van der Waals surface area contributed by atoms with Crippen LogP contribution in [0.25, 0.3) is 0 Å². The van der Waals surface area contributed by atoms with Crippen LogP contribution < -0.4 is 0 Å². The molecule has 0 saturated heterocycles. The van der Waals surface area contributed by atoms with Gasteiger partial charge in [-0.05, 0) is 58.8 Å². The van der Waals surface area contributed by atoms with Crippen molar-refractivity contribution in [3.63, 3.8) is 0 Å². The third kappa shape index (κ3) is 7.57. The van der Waals surface area contributed by atoms with E-state index in [9.17, 15) is 0 Å². The number of allylic oxidation sites excluding steroid dienone is 4. The second kappa shape index (κ2) is 9.05. The predicted molar refractivity (Wildman–Crippen MR) is 90.8 cm³/mol. The van der Waals surface area contributed by atoms with Crippen molar-refractivity contribution in [2.24, 2.45) is 5.92 Å². The Morgan fingerprint density at radius 1 is 1.15 bits per heavy atom. The summed E-state index contributed by atoms with van der Waals surface area (Å²) in [5.41, 5.74) is 4.25. The van der Waals surface area contributed by atoms with Gasteiger partial charge >= 0.3 is 0 Å². The molecule has 1 saturated carbocycles. The molecule has 0 aromatic carbocycles. The monoisotopic (exact) mass is 275 g/mol. The van der Waals surface area contributed by atoms with Crippen LogP contribution in [0.5, 0.6) is 0 Å². The summed E-state index contributed by atoms with van der Waals surface area (Å²) in [5, 5.41) is 0.